The molecule has 0 radical (unpaired) electrons. The normalized spacial score (nSPS) is 14.4. The molecule has 1 aliphatic heterocycles. The van der Waals surface area contributed by atoms with Crippen LogP contribution in [0.5, 0.6) is 0 Å². The number of para-hydroxylation sites is 1. The predicted octanol–water partition coefficient (Wildman–Crippen LogP) is 4.12. The Morgan fingerprint density at radius 3 is 2.53 bits per heavy atom. The van der Waals surface area contributed by atoms with E-state index in [-0.39, 0.29) is 11.9 Å². The molecule has 0 atom stereocenters. The van der Waals surface area contributed by atoms with E-state index in [4.69, 9.17) is 0 Å². The summed E-state index contributed by atoms with van der Waals surface area (Å²) in [5.74, 6) is 1.47. The summed E-state index contributed by atoms with van der Waals surface area (Å²) in [6.45, 7) is 9.22. The Balaban J connectivity index is 1.54. The van der Waals surface area contributed by atoms with Crippen molar-refractivity contribution in [2.75, 3.05) is 41.7 Å². The van der Waals surface area contributed by atoms with E-state index in [1.807, 2.05) is 48.2 Å². The number of amides is 3. The van der Waals surface area contributed by atoms with Crippen molar-refractivity contribution >= 4 is 29.1 Å². The van der Waals surface area contributed by atoms with Crippen molar-refractivity contribution < 1.29 is 9.59 Å². The van der Waals surface area contributed by atoms with Crippen LogP contribution < -0.4 is 15.5 Å². The number of nitrogens with one attached hydrogen (secondary N) is 2. The molecule has 0 spiro atoms. The summed E-state index contributed by atoms with van der Waals surface area (Å²) in [5, 5.41) is 5.66. The van der Waals surface area contributed by atoms with Crippen molar-refractivity contribution in [2.24, 2.45) is 5.92 Å². The molecule has 0 saturated carbocycles. The first kappa shape index (κ1) is 21.6. The molecule has 1 saturated heterocycles. The molecular formula is C23H31N5O2. The lowest BCUT2D eigenvalue weighted by atomic mass is 10.1. The van der Waals surface area contributed by atoms with Crippen molar-refractivity contribution in [1.29, 1.82) is 0 Å². The van der Waals surface area contributed by atoms with Crippen LogP contribution in [0.1, 0.15) is 32.3 Å². The van der Waals surface area contributed by atoms with Crippen LogP contribution in [-0.4, -0.2) is 48.0 Å². The first-order valence-corrected chi connectivity index (χ1v) is 10.5. The van der Waals surface area contributed by atoms with E-state index >= 15 is 0 Å². The van der Waals surface area contributed by atoms with E-state index in [1.54, 1.807) is 6.20 Å². The van der Waals surface area contributed by atoms with Crippen molar-refractivity contribution in [1.82, 2.24) is 9.88 Å². The molecule has 1 aliphatic rings. The molecule has 2 heterocycles. The summed E-state index contributed by atoms with van der Waals surface area (Å²) in [6, 6.07) is 11.1. The van der Waals surface area contributed by atoms with Crippen LogP contribution in [0.3, 0.4) is 0 Å². The Kier molecular flexibility index (Phi) is 7.27. The second-order valence-electron chi connectivity index (χ2n) is 8.12. The molecule has 160 valence electrons. The van der Waals surface area contributed by atoms with Gasteiger partial charge in [-0.1, -0.05) is 32.0 Å². The molecule has 1 aromatic carbocycles. The predicted molar refractivity (Wildman–Crippen MR) is 121 cm³/mol. The number of carbonyl (C=O) groups is 2. The molecular weight excluding hydrogens is 378 g/mol. The lowest BCUT2D eigenvalue weighted by Crippen LogP contribution is -2.35. The molecule has 2 N–H and O–H groups in total. The smallest absolute Gasteiger partial charge is 0.323 e. The van der Waals surface area contributed by atoms with Crippen LogP contribution in [0.4, 0.5) is 22.0 Å². The van der Waals surface area contributed by atoms with E-state index < -0.39 is 0 Å². The van der Waals surface area contributed by atoms with Crippen molar-refractivity contribution in [2.45, 2.75) is 33.6 Å². The minimum Gasteiger partial charge on any atom is -0.355 e. The molecule has 1 fully saturated rings. The number of urea groups is 1. The standard InChI is InChI=1S/C23H31N5O2/c1-17(2)15-22(29)28-12-6-11-27(13-14-28)21-10-9-19(16-24-21)25-23(30)26-20-8-5-4-7-18(20)3/h4-5,7-10,16-17H,6,11-15H2,1-3H3,(H2,25,26,30). The van der Waals surface area contributed by atoms with E-state index in [0.29, 0.717) is 24.6 Å². The second kappa shape index (κ2) is 10.1. The number of benzene rings is 1. The number of hydrogen-bond acceptors (Lipinski definition) is 4. The van der Waals surface area contributed by atoms with Crippen molar-refractivity contribution in [3.8, 4) is 0 Å². The Morgan fingerprint density at radius 1 is 1.03 bits per heavy atom. The number of aryl methyl sites for hydroxylation is 1. The van der Waals surface area contributed by atoms with Gasteiger partial charge in [-0.05, 0) is 43.0 Å². The monoisotopic (exact) mass is 409 g/mol. The van der Waals surface area contributed by atoms with Crippen LogP contribution in [0.15, 0.2) is 42.6 Å². The van der Waals surface area contributed by atoms with Crippen LogP contribution in [0.2, 0.25) is 0 Å². The van der Waals surface area contributed by atoms with Crippen molar-refractivity contribution in [3.05, 3.63) is 48.2 Å². The summed E-state index contributed by atoms with van der Waals surface area (Å²) in [5.41, 5.74) is 2.41. The molecule has 0 bridgehead atoms. The average molecular weight is 410 g/mol. The maximum Gasteiger partial charge on any atom is 0.323 e. The van der Waals surface area contributed by atoms with Gasteiger partial charge >= 0.3 is 6.03 Å². The quantitative estimate of drug-likeness (QED) is 0.779. The Bertz CT molecular complexity index is 866. The van der Waals surface area contributed by atoms with Gasteiger partial charge < -0.3 is 20.4 Å². The Morgan fingerprint density at radius 2 is 1.83 bits per heavy atom. The van der Waals surface area contributed by atoms with E-state index in [9.17, 15) is 9.59 Å². The average Bonchev–Trinajstić information content (AvgIpc) is 2.96. The van der Waals surface area contributed by atoms with Crippen LogP contribution in [0, 0.1) is 12.8 Å². The summed E-state index contributed by atoms with van der Waals surface area (Å²) in [6.07, 6.45) is 3.19. The van der Waals surface area contributed by atoms with Crippen molar-refractivity contribution in [3.63, 3.8) is 0 Å². The SMILES string of the molecule is Cc1ccccc1NC(=O)Nc1ccc(N2CCCN(C(=O)CC(C)C)CC2)nc1. The van der Waals surface area contributed by atoms with Gasteiger partial charge in [-0.25, -0.2) is 9.78 Å². The second-order valence-corrected chi connectivity index (χ2v) is 8.12. The zero-order valence-electron chi connectivity index (χ0n) is 18.0. The van der Waals surface area contributed by atoms with Gasteiger partial charge in [0.25, 0.3) is 0 Å². The number of aromatic nitrogens is 1. The van der Waals surface area contributed by atoms with E-state index in [0.717, 1.165) is 43.1 Å². The topological polar surface area (TPSA) is 77.6 Å². The van der Waals surface area contributed by atoms with Gasteiger partial charge in [0, 0.05) is 38.3 Å². The van der Waals surface area contributed by atoms with E-state index in [2.05, 4.69) is 34.4 Å². The summed E-state index contributed by atoms with van der Waals surface area (Å²) >= 11 is 0. The zero-order chi connectivity index (χ0) is 21.5. The molecule has 7 nitrogen and oxygen atoms in total. The van der Waals surface area contributed by atoms with Gasteiger partial charge in [0.15, 0.2) is 0 Å². The first-order chi connectivity index (χ1) is 14.4. The van der Waals surface area contributed by atoms with Gasteiger partial charge in [0.05, 0.1) is 11.9 Å². The largest absolute Gasteiger partial charge is 0.355 e. The zero-order valence-corrected chi connectivity index (χ0v) is 18.0. The van der Waals surface area contributed by atoms with Gasteiger partial charge in [-0.2, -0.15) is 0 Å². The highest BCUT2D eigenvalue weighted by Gasteiger charge is 2.20. The fourth-order valence-corrected chi connectivity index (χ4v) is 3.52. The molecule has 2 aromatic rings. The summed E-state index contributed by atoms with van der Waals surface area (Å²) in [7, 11) is 0. The first-order valence-electron chi connectivity index (χ1n) is 10.5. The maximum atomic E-state index is 12.3. The van der Waals surface area contributed by atoms with Gasteiger partial charge in [0.1, 0.15) is 5.82 Å². The number of carbonyl (C=O) groups excluding carboxylic acids is 2. The minimum absolute atomic E-state index is 0.235. The number of hydrogen-bond donors (Lipinski definition) is 2. The molecule has 0 aliphatic carbocycles. The fourth-order valence-electron chi connectivity index (χ4n) is 3.52. The highest BCUT2D eigenvalue weighted by molar-refractivity contribution is 6.00. The van der Waals surface area contributed by atoms with Gasteiger partial charge in [0.2, 0.25) is 5.91 Å². The molecule has 1 aromatic heterocycles. The highest BCUT2D eigenvalue weighted by Crippen LogP contribution is 2.18. The van der Waals surface area contributed by atoms with Crippen LogP contribution in [-0.2, 0) is 4.79 Å². The third-order valence-corrected chi connectivity index (χ3v) is 5.15. The Labute approximate surface area is 178 Å². The lowest BCUT2D eigenvalue weighted by molar-refractivity contribution is -0.131. The number of rotatable bonds is 5. The Hall–Kier alpha value is -3.09. The van der Waals surface area contributed by atoms with Gasteiger partial charge in [-0.15, -0.1) is 0 Å². The molecule has 7 heteroatoms. The number of anilines is 3. The van der Waals surface area contributed by atoms with Crippen LogP contribution in [0.25, 0.3) is 0 Å². The van der Waals surface area contributed by atoms with Crippen LogP contribution >= 0.6 is 0 Å². The highest BCUT2D eigenvalue weighted by atomic mass is 16.2. The third-order valence-electron chi connectivity index (χ3n) is 5.15. The molecule has 30 heavy (non-hydrogen) atoms. The third kappa shape index (κ3) is 5.95. The van der Waals surface area contributed by atoms with E-state index in [1.165, 1.54) is 0 Å². The maximum absolute atomic E-state index is 12.3. The lowest BCUT2D eigenvalue weighted by Gasteiger charge is -2.23. The fraction of sp³-hybridized carbons (Fsp3) is 0.435. The molecule has 3 rings (SSSR count). The number of nitrogens with zero attached hydrogens (tertiary/aromatic N) is 3. The number of pyridine rings is 1. The molecule has 3 amide bonds. The van der Waals surface area contributed by atoms with Gasteiger partial charge in [-0.3, -0.25) is 4.79 Å². The summed E-state index contributed by atoms with van der Waals surface area (Å²) < 4.78 is 0. The molecule has 0 unspecified atom stereocenters. The summed E-state index contributed by atoms with van der Waals surface area (Å²) in [4.78, 5) is 33.3. The minimum atomic E-state index is -0.298.